The molecule has 1 atom stereocenters. The smallest absolute Gasteiger partial charge is 0.334 e. The molecule has 0 amide bonds. The molecule has 0 spiro atoms. The fourth-order valence-electron chi connectivity index (χ4n) is 2.34. The Morgan fingerprint density at radius 1 is 0.917 bits per heavy atom. The van der Waals surface area contributed by atoms with Gasteiger partial charge in [0.2, 0.25) is 0 Å². The highest BCUT2D eigenvalue weighted by Gasteiger charge is 2.22. The molecule has 24 heavy (non-hydrogen) atoms. The predicted octanol–water partition coefficient (Wildman–Crippen LogP) is 3.14. The lowest BCUT2D eigenvalue weighted by atomic mass is 10.0. The van der Waals surface area contributed by atoms with Crippen LogP contribution in [0.1, 0.15) is 22.9 Å². The first-order chi connectivity index (χ1) is 11.8. The van der Waals surface area contributed by atoms with E-state index >= 15 is 0 Å². The molecule has 1 N–H and O–H groups in total. The summed E-state index contributed by atoms with van der Waals surface area (Å²) in [4.78, 5) is 24.3. The van der Waals surface area contributed by atoms with Crippen LogP contribution in [0.15, 0.2) is 84.2 Å². The second-order valence-electron chi connectivity index (χ2n) is 5.08. The van der Waals surface area contributed by atoms with Crippen molar-refractivity contribution in [2.75, 3.05) is 0 Å². The van der Waals surface area contributed by atoms with Crippen molar-refractivity contribution in [2.45, 2.75) is 6.04 Å². The number of carbonyl (C=O) groups is 1. The number of benzene rings is 2. The quantitative estimate of drug-likeness (QED) is 0.734. The zero-order valence-corrected chi connectivity index (χ0v) is 12.8. The summed E-state index contributed by atoms with van der Waals surface area (Å²) in [7, 11) is 0. The van der Waals surface area contributed by atoms with E-state index in [-0.39, 0.29) is 0 Å². The van der Waals surface area contributed by atoms with Gasteiger partial charge in [0, 0.05) is 23.5 Å². The van der Waals surface area contributed by atoms with Gasteiger partial charge in [-0.05, 0) is 0 Å². The van der Waals surface area contributed by atoms with Crippen molar-refractivity contribution in [3.63, 3.8) is 0 Å². The Hall–Kier alpha value is -3.34. The normalized spacial score (nSPS) is 11.5. The van der Waals surface area contributed by atoms with Crippen LogP contribution in [0, 0.1) is 0 Å². The van der Waals surface area contributed by atoms with Gasteiger partial charge in [-0.1, -0.05) is 60.7 Å². The number of hydrogen-bond acceptors (Lipinski definition) is 4. The van der Waals surface area contributed by atoms with Crippen LogP contribution in [-0.4, -0.2) is 26.8 Å². The number of carboxylic acid groups (broad SMARTS) is 1. The van der Waals surface area contributed by atoms with Gasteiger partial charge in [0.1, 0.15) is 0 Å². The van der Waals surface area contributed by atoms with Crippen molar-refractivity contribution in [2.24, 2.45) is 4.99 Å². The van der Waals surface area contributed by atoms with Crippen LogP contribution < -0.4 is 0 Å². The van der Waals surface area contributed by atoms with Gasteiger partial charge in [-0.2, -0.15) is 0 Å². The highest BCUT2D eigenvalue weighted by molar-refractivity contribution is 6.13. The summed E-state index contributed by atoms with van der Waals surface area (Å²) in [6, 6.07) is 17.9. The lowest BCUT2D eigenvalue weighted by Gasteiger charge is -2.12. The summed E-state index contributed by atoms with van der Waals surface area (Å²) >= 11 is 0. The third-order valence-electron chi connectivity index (χ3n) is 3.45. The Kier molecular flexibility index (Phi) is 4.72. The largest absolute Gasteiger partial charge is 0.479 e. The Morgan fingerprint density at radius 2 is 1.50 bits per heavy atom. The van der Waals surface area contributed by atoms with Crippen LogP contribution in [0.3, 0.4) is 0 Å². The van der Waals surface area contributed by atoms with Crippen LogP contribution in [0.4, 0.5) is 0 Å². The van der Waals surface area contributed by atoms with E-state index in [1.54, 1.807) is 0 Å². The molecule has 0 radical (unpaired) electrons. The van der Waals surface area contributed by atoms with Crippen molar-refractivity contribution < 1.29 is 9.90 Å². The molecular formula is C19H15N3O2. The minimum absolute atomic E-state index is 0.300. The average molecular weight is 317 g/mol. The molecule has 1 heterocycles. The summed E-state index contributed by atoms with van der Waals surface area (Å²) in [5.74, 6) is -1.07. The van der Waals surface area contributed by atoms with Gasteiger partial charge >= 0.3 is 5.97 Å². The number of hydrogen-bond donors (Lipinski definition) is 1. The molecule has 1 aromatic heterocycles. The standard InChI is InChI=1S/C19H15N3O2/c23-19(24)18(16-13-20-11-12-21-16)22-17(14-7-3-1-4-8-14)15-9-5-2-6-10-15/h1-13,18H,(H,23,24). The van der Waals surface area contributed by atoms with E-state index < -0.39 is 12.0 Å². The van der Waals surface area contributed by atoms with E-state index in [1.165, 1.54) is 18.6 Å². The topological polar surface area (TPSA) is 75.4 Å². The minimum atomic E-state index is -1.12. The number of aromatic nitrogens is 2. The van der Waals surface area contributed by atoms with Crippen LogP contribution in [0.25, 0.3) is 0 Å². The SMILES string of the molecule is O=C(O)C(N=C(c1ccccc1)c1ccccc1)c1cnccn1. The zero-order valence-electron chi connectivity index (χ0n) is 12.8. The summed E-state index contributed by atoms with van der Waals surface area (Å²) in [5.41, 5.74) is 2.60. The molecule has 3 aromatic rings. The van der Waals surface area contributed by atoms with Gasteiger partial charge < -0.3 is 5.11 Å². The highest BCUT2D eigenvalue weighted by atomic mass is 16.4. The van der Waals surface area contributed by atoms with Crippen molar-refractivity contribution in [1.29, 1.82) is 0 Å². The molecule has 2 aromatic carbocycles. The zero-order chi connectivity index (χ0) is 16.8. The second kappa shape index (κ2) is 7.28. The van der Waals surface area contributed by atoms with Gasteiger partial charge in [-0.15, -0.1) is 0 Å². The number of rotatable bonds is 5. The molecule has 0 saturated carbocycles. The average Bonchev–Trinajstić information content (AvgIpc) is 2.64. The molecule has 0 bridgehead atoms. The number of aliphatic carboxylic acids is 1. The molecule has 0 saturated heterocycles. The third kappa shape index (κ3) is 3.52. The molecule has 1 unspecified atom stereocenters. The number of nitrogens with zero attached hydrogens (tertiary/aromatic N) is 3. The molecule has 118 valence electrons. The van der Waals surface area contributed by atoms with E-state index in [2.05, 4.69) is 15.0 Å². The Labute approximate surface area is 139 Å². The van der Waals surface area contributed by atoms with Crippen molar-refractivity contribution in [3.8, 4) is 0 Å². The molecule has 0 aliphatic rings. The first kappa shape index (κ1) is 15.6. The van der Waals surface area contributed by atoms with Crippen molar-refractivity contribution in [1.82, 2.24) is 9.97 Å². The van der Waals surface area contributed by atoms with Crippen LogP contribution in [0.5, 0.6) is 0 Å². The first-order valence-electron chi connectivity index (χ1n) is 7.43. The maximum absolute atomic E-state index is 11.7. The van der Waals surface area contributed by atoms with Crippen molar-refractivity contribution >= 4 is 11.7 Å². The predicted molar refractivity (Wildman–Crippen MR) is 90.9 cm³/mol. The Bertz CT molecular complexity index is 793. The van der Waals surface area contributed by atoms with Gasteiger partial charge in [-0.3, -0.25) is 15.0 Å². The van der Waals surface area contributed by atoms with Gasteiger partial charge in [-0.25, -0.2) is 4.79 Å². The van der Waals surface area contributed by atoms with Crippen LogP contribution in [-0.2, 0) is 4.79 Å². The van der Waals surface area contributed by atoms with Gasteiger partial charge in [0.25, 0.3) is 0 Å². The van der Waals surface area contributed by atoms with Crippen LogP contribution in [0.2, 0.25) is 0 Å². The Balaban J connectivity index is 2.13. The third-order valence-corrected chi connectivity index (χ3v) is 3.45. The summed E-state index contributed by atoms with van der Waals surface area (Å²) in [6.07, 6.45) is 4.39. The molecule has 0 aliphatic heterocycles. The van der Waals surface area contributed by atoms with E-state index in [0.29, 0.717) is 11.4 Å². The Morgan fingerprint density at radius 3 is 1.96 bits per heavy atom. The highest BCUT2D eigenvalue weighted by Crippen LogP contribution is 2.19. The van der Waals surface area contributed by atoms with E-state index in [9.17, 15) is 9.90 Å². The first-order valence-corrected chi connectivity index (χ1v) is 7.43. The van der Waals surface area contributed by atoms with E-state index in [0.717, 1.165) is 11.1 Å². The molecule has 5 nitrogen and oxygen atoms in total. The second-order valence-corrected chi connectivity index (χ2v) is 5.08. The summed E-state index contributed by atoms with van der Waals surface area (Å²) < 4.78 is 0. The monoisotopic (exact) mass is 317 g/mol. The summed E-state index contributed by atoms with van der Waals surface area (Å²) in [5, 5.41) is 9.59. The lowest BCUT2D eigenvalue weighted by molar-refractivity contribution is -0.138. The fraction of sp³-hybridized carbons (Fsp3) is 0.0526. The molecule has 5 heteroatoms. The molecule has 3 rings (SSSR count). The van der Waals surface area contributed by atoms with E-state index in [1.807, 2.05) is 60.7 Å². The maximum atomic E-state index is 11.7. The van der Waals surface area contributed by atoms with Gasteiger partial charge in [0.05, 0.1) is 17.6 Å². The maximum Gasteiger partial charge on any atom is 0.334 e. The molecular weight excluding hydrogens is 302 g/mol. The number of aliphatic imine (C=N–C) groups is 1. The van der Waals surface area contributed by atoms with Crippen LogP contribution >= 0.6 is 0 Å². The molecule has 0 fully saturated rings. The fourth-order valence-corrected chi connectivity index (χ4v) is 2.34. The summed E-state index contributed by atoms with van der Waals surface area (Å²) in [6.45, 7) is 0. The minimum Gasteiger partial charge on any atom is -0.479 e. The molecule has 0 aliphatic carbocycles. The van der Waals surface area contributed by atoms with Crippen molar-refractivity contribution in [3.05, 3.63) is 96.1 Å². The van der Waals surface area contributed by atoms with E-state index in [4.69, 9.17) is 0 Å². The number of carboxylic acids is 1. The lowest BCUT2D eigenvalue weighted by Crippen LogP contribution is -2.15. The van der Waals surface area contributed by atoms with Gasteiger partial charge in [0.15, 0.2) is 6.04 Å².